The van der Waals surface area contributed by atoms with Crippen molar-refractivity contribution in [1.29, 1.82) is 0 Å². The summed E-state index contributed by atoms with van der Waals surface area (Å²) < 4.78 is 22.3. The lowest BCUT2D eigenvalue weighted by Gasteiger charge is -2.09. The third kappa shape index (κ3) is 14.9. The van der Waals surface area contributed by atoms with Crippen LogP contribution in [0, 0.1) is 11.8 Å². The molecule has 0 radical (unpaired) electrons. The largest absolute Gasteiger partial charge is 0.697 e. The molecule has 0 aromatic heterocycles. The second-order valence-corrected chi connectivity index (χ2v) is 7.68. The first-order valence-electron chi connectivity index (χ1n) is 9.33. The van der Waals surface area contributed by atoms with Gasteiger partial charge >= 0.3 is 8.25 Å². The summed E-state index contributed by atoms with van der Waals surface area (Å²) in [5, 5.41) is 0. The molecule has 0 aliphatic rings. The van der Waals surface area contributed by atoms with E-state index in [0.29, 0.717) is 19.1 Å². The quantitative estimate of drug-likeness (QED) is 0.228. The first-order chi connectivity index (χ1) is 10.6. The van der Waals surface area contributed by atoms with Gasteiger partial charge in [0.15, 0.2) is 0 Å². The van der Waals surface area contributed by atoms with Gasteiger partial charge in [-0.1, -0.05) is 79.1 Å². The lowest BCUT2D eigenvalue weighted by molar-refractivity contribution is 0.187. The van der Waals surface area contributed by atoms with Gasteiger partial charge in [0.05, 0.1) is 0 Å². The van der Waals surface area contributed by atoms with Gasteiger partial charge < -0.3 is 0 Å². The molecule has 22 heavy (non-hydrogen) atoms. The second-order valence-electron chi connectivity index (χ2n) is 6.72. The van der Waals surface area contributed by atoms with E-state index in [1.165, 1.54) is 38.5 Å². The van der Waals surface area contributed by atoms with Gasteiger partial charge in [0.25, 0.3) is 0 Å². The number of rotatable bonds is 16. The molecule has 0 aliphatic carbocycles. The first kappa shape index (κ1) is 22.0. The minimum Gasteiger partial charge on any atom is -0.119 e. The molecule has 0 saturated carbocycles. The fourth-order valence-electron chi connectivity index (χ4n) is 2.43. The average Bonchev–Trinajstić information content (AvgIpc) is 2.49. The van der Waals surface area contributed by atoms with Crippen LogP contribution >= 0.6 is 8.25 Å². The highest BCUT2D eigenvalue weighted by Gasteiger charge is 2.22. The van der Waals surface area contributed by atoms with Crippen LogP contribution < -0.4 is 0 Å². The van der Waals surface area contributed by atoms with Crippen LogP contribution in [0.25, 0.3) is 0 Å². The average molecular weight is 333 g/mol. The third-order valence-electron chi connectivity index (χ3n) is 4.08. The van der Waals surface area contributed by atoms with Gasteiger partial charge in [0.1, 0.15) is 13.2 Å². The Morgan fingerprint density at radius 1 is 0.864 bits per heavy atom. The Hall–Kier alpha value is 0.0200. The highest BCUT2D eigenvalue weighted by atomic mass is 31.1. The first-order valence-corrected chi connectivity index (χ1v) is 10.4. The maximum atomic E-state index is 11.7. The molecule has 2 atom stereocenters. The van der Waals surface area contributed by atoms with Gasteiger partial charge in [-0.25, -0.2) is 0 Å². The van der Waals surface area contributed by atoms with Crippen LogP contribution in [0.15, 0.2) is 0 Å². The van der Waals surface area contributed by atoms with Crippen molar-refractivity contribution in [1.82, 2.24) is 0 Å². The van der Waals surface area contributed by atoms with Gasteiger partial charge in [0, 0.05) is 4.57 Å². The van der Waals surface area contributed by atoms with E-state index in [2.05, 4.69) is 27.7 Å². The summed E-state index contributed by atoms with van der Waals surface area (Å²) in [7, 11) is -1.92. The highest BCUT2D eigenvalue weighted by Crippen LogP contribution is 2.27. The molecule has 0 aromatic carbocycles. The molecule has 0 saturated heterocycles. The summed E-state index contributed by atoms with van der Waals surface area (Å²) in [6.07, 6.45) is 12.0. The molecule has 0 N–H and O–H groups in total. The van der Waals surface area contributed by atoms with Crippen molar-refractivity contribution in [2.24, 2.45) is 11.8 Å². The fraction of sp³-hybridized carbons (Fsp3) is 1.00. The van der Waals surface area contributed by atoms with Crippen molar-refractivity contribution in [3.05, 3.63) is 0 Å². The van der Waals surface area contributed by atoms with Crippen LogP contribution in [0.2, 0.25) is 0 Å². The van der Waals surface area contributed by atoms with Crippen LogP contribution in [0.5, 0.6) is 0 Å². The number of hydrogen-bond donors (Lipinski definition) is 0. The normalized spacial score (nSPS) is 13.6. The van der Waals surface area contributed by atoms with E-state index in [-0.39, 0.29) is 0 Å². The van der Waals surface area contributed by atoms with E-state index < -0.39 is 8.25 Å². The summed E-state index contributed by atoms with van der Waals surface area (Å²) >= 11 is 0. The molecular formula is C18H38O3P+. The Morgan fingerprint density at radius 2 is 1.55 bits per heavy atom. The summed E-state index contributed by atoms with van der Waals surface area (Å²) in [6.45, 7) is 10.0. The van der Waals surface area contributed by atoms with E-state index in [1.54, 1.807) is 0 Å². The molecule has 0 fully saturated rings. The Kier molecular flexibility index (Phi) is 15.9. The third-order valence-corrected chi connectivity index (χ3v) is 4.83. The predicted octanol–water partition coefficient (Wildman–Crippen LogP) is 6.89. The van der Waals surface area contributed by atoms with Crippen LogP contribution in [0.3, 0.4) is 0 Å². The van der Waals surface area contributed by atoms with Crippen LogP contribution in [0.1, 0.15) is 91.9 Å². The van der Waals surface area contributed by atoms with Crippen LogP contribution in [-0.2, 0) is 13.6 Å². The molecule has 132 valence electrons. The van der Waals surface area contributed by atoms with Crippen molar-refractivity contribution in [3.63, 3.8) is 0 Å². The monoisotopic (exact) mass is 333 g/mol. The van der Waals surface area contributed by atoms with Crippen molar-refractivity contribution >= 4 is 8.25 Å². The Bertz CT molecular complexity index is 257. The van der Waals surface area contributed by atoms with Gasteiger partial charge in [-0.2, -0.15) is 0 Å². The molecule has 0 bridgehead atoms. The standard InChI is InChI=1S/C18H38O3P/c1-5-7-14-18(6-2)16-21-22(19)20-15-12-10-8-9-11-13-17(3)4/h17-18H,5-16H2,1-4H3/q+1. The van der Waals surface area contributed by atoms with Gasteiger partial charge in [-0.05, 0) is 24.7 Å². The molecule has 0 aliphatic heterocycles. The number of hydrogen-bond acceptors (Lipinski definition) is 3. The molecule has 4 heteroatoms. The molecule has 0 heterocycles. The predicted molar refractivity (Wildman–Crippen MR) is 95.4 cm³/mol. The Balaban J connectivity index is 3.42. The molecule has 3 nitrogen and oxygen atoms in total. The maximum Gasteiger partial charge on any atom is 0.697 e. The van der Waals surface area contributed by atoms with E-state index >= 15 is 0 Å². The van der Waals surface area contributed by atoms with Crippen LogP contribution in [-0.4, -0.2) is 13.2 Å². The van der Waals surface area contributed by atoms with Gasteiger partial charge in [0.2, 0.25) is 0 Å². The summed E-state index contributed by atoms with van der Waals surface area (Å²) in [5.74, 6) is 1.33. The van der Waals surface area contributed by atoms with Gasteiger partial charge in [-0.3, -0.25) is 0 Å². The molecular weight excluding hydrogens is 295 g/mol. The van der Waals surface area contributed by atoms with E-state index in [0.717, 1.165) is 31.6 Å². The SMILES string of the molecule is CCCCC(CC)CO[P+](=O)OCCCCCCCC(C)C. The highest BCUT2D eigenvalue weighted by molar-refractivity contribution is 7.33. The van der Waals surface area contributed by atoms with E-state index in [4.69, 9.17) is 9.05 Å². The Morgan fingerprint density at radius 3 is 2.18 bits per heavy atom. The summed E-state index contributed by atoms with van der Waals surface area (Å²) in [5.41, 5.74) is 0. The summed E-state index contributed by atoms with van der Waals surface area (Å²) in [4.78, 5) is 0. The lowest BCUT2D eigenvalue weighted by atomic mass is 10.0. The molecule has 0 aromatic rings. The minimum atomic E-state index is -1.92. The zero-order chi connectivity index (χ0) is 16.6. The fourth-order valence-corrected chi connectivity index (χ4v) is 3.11. The smallest absolute Gasteiger partial charge is 0.119 e. The van der Waals surface area contributed by atoms with E-state index in [1.807, 2.05) is 0 Å². The van der Waals surface area contributed by atoms with Gasteiger partial charge in [-0.15, -0.1) is 9.05 Å². The van der Waals surface area contributed by atoms with Crippen molar-refractivity contribution < 1.29 is 13.6 Å². The zero-order valence-electron chi connectivity index (χ0n) is 15.3. The number of unbranched alkanes of at least 4 members (excludes halogenated alkanes) is 5. The second kappa shape index (κ2) is 15.9. The van der Waals surface area contributed by atoms with Crippen molar-refractivity contribution in [2.75, 3.05) is 13.2 Å². The van der Waals surface area contributed by atoms with Crippen molar-refractivity contribution in [2.45, 2.75) is 91.9 Å². The Labute approximate surface area is 139 Å². The topological polar surface area (TPSA) is 35.5 Å². The molecule has 0 rings (SSSR count). The maximum absolute atomic E-state index is 11.7. The van der Waals surface area contributed by atoms with Crippen molar-refractivity contribution in [3.8, 4) is 0 Å². The summed E-state index contributed by atoms with van der Waals surface area (Å²) in [6, 6.07) is 0. The zero-order valence-corrected chi connectivity index (χ0v) is 16.2. The lowest BCUT2D eigenvalue weighted by Crippen LogP contribution is -2.06. The minimum absolute atomic E-state index is 0.517. The molecule has 0 spiro atoms. The molecule has 0 amide bonds. The molecule has 2 unspecified atom stereocenters. The van der Waals surface area contributed by atoms with Crippen LogP contribution in [0.4, 0.5) is 0 Å². The van der Waals surface area contributed by atoms with E-state index in [9.17, 15) is 4.57 Å².